The molecule has 4 aromatic heterocycles. The maximum Gasteiger partial charge on any atom is 0.569 e. The van der Waals surface area contributed by atoms with Gasteiger partial charge in [0.2, 0.25) is 0 Å². The van der Waals surface area contributed by atoms with Crippen molar-refractivity contribution in [1.29, 1.82) is 0 Å². The average molecular weight is 1340 g/mol. The Morgan fingerprint density at radius 1 is 0.605 bits per heavy atom. The van der Waals surface area contributed by atoms with Gasteiger partial charge in [0.05, 0.1) is 41.2 Å². The topological polar surface area (TPSA) is 242 Å². The van der Waals surface area contributed by atoms with Crippen LogP contribution in [0.3, 0.4) is 0 Å². The second kappa shape index (κ2) is 28.4. The lowest BCUT2D eigenvalue weighted by molar-refractivity contribution is -0.138. The summed E-state index contributed by atoms with van der Waals surface area (Å²) in [6.45, 7) is 0.0669. The lowest BCUT2D eigenvalue weighted by atomic mass is 10.0. The third kappa shape index (κ3) is 15.9. The first-order valence-electron chi connectivity index (χ1n) is 24.3. The number of aromatic nitrogens is 6. The fourth-order valence-electron chi connectivity index (χ4n) is 8.74. The van der Waals surface area contributed by atoms with Crippen LogP contribution in [0.5, 0.6) is 17.2 Å². The summed E-state index contributed by atoms with van der Waals surface area (Å²) in [5.74, 6) is -0.974. The molecule has 3 N–H and O–H groups in total. The highest BCUT2D eigenvalue weighted by Gasteiger charge is 2.34. The Morgan fingerprint density at radius 3 is 1.52 bits per heavy atom. The summed E-state index contributed by atoms with van der Waals surface area (Å²) in [5.41, 5.74) is -0.341. The molecule has 0 bridgehead atoms. The molecule has 2 atom stereocenters. The number of hydrogen-bond donors (Lipinski definition) is 3. The SMILES string of the molecule is COc1cc(-c2cccc(C(F)(F)F)c2)c(F)cc1-n1c2c(ccc1=O)CN(S(=O)(=O)Nc1cccnn1)CC2.COc1cc(Br)c(F)cc1-n1c2c(ccc1=O)CN(S(=O)(=O)Nc1cccnn1)CC2.O[B]Oc1cccc(C(F)(F)F)c1.P.P. The zero-order valence-corrected chi connectivity index (χ0v) is 50.9. The quantitative estimate of drug-likeness (QED) is 0.0561. The second-order valence-electron chi connectivity index (χ2n) is 17.8. The highest BCUT2D eigenvalue weighted by molar-refractivity contribution is 9.10. The average Bonchev–Trinajstić information content (AvgIpc) is 1.81. The normalized spacial score (nSPS) is 13.3. The predicted molar refractivity (Wildman–Crippen MR) is 315 cm³/mol. The van der Waals surface area contributed by atoms with Crippen molar-refractivity contribution in [2.45, 2.75) is 38.3 Å². The first kappa shape index (κ1) is 67.7. The number of halogens is 9. The third-order valence-corrected chi connectivity index (χ3v) is 16.1. The Bertz CT molecular complexity index is 4080. The van der Waals surface area contributed by atoms with Crippen molar-refractivity contribution >= 4 is 75.5 Å². The van der Waals surface area contributed by atoms with Crippen LogP contribution in [0.2, 0.25) is 0 Å². The number of benzene rings is 4. The molecule has 2 aliphatic heterocycles. The molecule has 8 aromatic rings. The van der Waals surface area contributed by atoms with Gasteiger partial charge >= 0.3 is 40.5 Å². The fourth-order valence-corrected chi connectivity index (χ4v) is 11.4. The van der Waals surface area contributed by atoms with Gasteiger partial charge in [0.25, 0.3) is 11.1 Å². The molecule has 0 spiro atoms. The molecule has 2 aliphatic rings. The number of pyridine rings is 2. The molecule has 4 aromatic carbocycles. The molecule has 10 rings (SSSR count). The summed E-state index contributed by atoms with van der Waals surface area (Å²) in [6, 6.07) is 25.0. The molecule has 0 saturated carbocycles. The summed E-state index contributed by atoms with van der Waals surface area (Å²) < 4.78 is 182. The van der Waals surface area contributed by atoms with E-state index in [9.17, 15) is 57.2 Å². The number of hydrogen-bond acceptors (Lipinski definition) is 14. The van der Waals surface area contributed by atoms with Crippen molar-refractivity contribution in [3.8, 4) is 39.8 Å². The monoisotopic (exact) mass is 1340 g/mol. The number of methoxy groups -OCH3 is 2. The van der Waals surface area contributed by atoms with Gasteiger partial charge in [-0.05, 0) is 99.4 Å². The van der Waals surface area contributed by atoms with Crippen molar-refractivity contribution in [3.63, 3.8) is 0 Å². The smallest absolute Gasteiger partial charge is 0.537 e. The van der Waals surface area contributed by atoms with Gasteiger partial charge in [-0.3, -0.25) is 28.2 Å². The summed E-state index contributed by atoms with van der Waals surface area (Å²) >= 11 is 3.11. The Hall–Kier alpha value is -7.44. The Balaban J connectivity index is 0.000000228. The molecule has 455 valence electrons. The predicted octanol–water partition coefficient (Wildman–Crippen LogP) is 8.16. The van der Waals surface area contributed by atoms with Gasteiger partial charge in [-0.15, -0.1) is 10.2 Å². The highest BCUT2D eigenvalue weighted by atomic mass is 79.9. The number of rotatable bonds is 13. The van der Waals surface area contributed by atoms with Crippen molar-refractivity contribution in [1.82, 2.24) is 38.1 Å². The summed E-state index contributed by atoms with van der Waals surface area (Å²) in [4.78, 5) is 25.7. The van der Waals surface area contributed by atoms with Crippen LogP contribution in [-0.2, 0) is 58.7 Å². The van der Waals surface area contributed by atoms with Crippen LogP contribution in [0.15, 0.2) is 148 Å². The lowest BCUT2D eigenvalue weighted by Gasteiger charge is -2.30. The Morgan fingerprint density at radius 2 is 1.07 bits per heavy atom. The minimum Gasteiger partial charge on any atom is -0.537 e. The van der Waals surface area contributed by atoms with E-state index in [1.54, 1.807) is 12.1 Å². The number of nitrogens with zero attached hydrogens (tertiary/aromatic N) is 8. The molecule has 0 amide bonds. The minimum atomic E-state index is -4.61. The first-order valence-corrected chi connectivity index (χ1v) is 28.0. The van der Waals surface area contributed by atoms with Gasteiger partial charge in [0, 0.05) is 92.6 Å². The van der Waals surface area contributed by atoms with Crippen LogP contribution in [0.25, 0.3) is 22.5 Å². The van der Waals surface area contributed by atoms with Gasteiger partial charge < -0.3 is 19.2 Å². The third-order valence-electron chi connectivity index (χ3n) is 12.6. The standard InChI is InChI=1S/C26H21F4N5O4S.C19H17BrFN5O4S.C7H5BF3O2.2H3P/c1-39-23-13-19(16-4-2-5-18(12-16)26(28,29)30)20(27)14-22(23)35-21-9-11-34(15-17(21)7-8-25(35)36)40(37,38)33-24-6-3-10-31-32-24;1-30-17-9-13(20)14(21)10-16(17)26-15-6-8-25(11-12(15)4-5-19(26)27)31(28,29)24-18-3-2-7-22-23-18;9-7(10,11)5-2-1-3-6(4-5)13-8-12;;/h2-8,10,12-14H,9,11,15H2,1H3,(H,32,33);2-5,7,9-10H,6,8,11H2,1H3,(H,23,24);1-4,12H;2*1H3. The Kier molecular flexibility index (Phi) is 22.3. The van der Waals surface area contributed by atoms with Crippen LogP contribution in [0.1, 0.15) is 33.6 Å². The van der Waals surface area contributed by atoms with Crippen LogP contribution in [0, 0.1) is 11.6 Å². The minimum absolute atomic E-state index is 0. The van der Waals surface area contributed by atoms with E-state index in [1.807, 2.05) is 0 Å². The van der Waals surface area contributed by atoms with Crippen molar-refractivity contribution in [2.75, 3.05) is 36.8 Å². The van der Waals surface area contributed by atoms with E-state index in [2.05, 4.69) is 50.4 Å². The van der Waals surface area contributed by atoms with Crippen molar-refractivity contribution < 1.29 is 71.1 Å². The number of anilines is 2. The van der Waals surface area contributed by atoms with Crippen LogP contribution in [0.4, 0.5) is 46.8 Å². The summed E-state index contributed by atoms with van der Waals surface area (Å²) in [5, 5.41) is 22.9. The maximum absolute atomic E-state index is 15.4. The van der Waals surface area contributed by atoms with Gasteiger partial charge in [-0.2, -0.15) is 81.8 Å². The molecular weight excluding hydrogens is 1290 g/mol. The molecular formula is C52H49BBrF8N10O10P2S2. The molecule has 34 heteroatoms. The van der Waals surface area contributed by atoms with Gasteiger partial charge in [0.15, 0.2) is 11.6 Å². The van der Waals surface area contributed by atoms with E-state index < -0.39 is 61.1 Å². The van der Waals surface area contributed by atoms with E-state index in [0.29, 0.717) is 35.9 Å². The Labute approximate surface area is 501 Å². The first-order chi connectivity index (χ1) is 39.8. The molecule has 0 saturated heterocycles. The van der Waals surface area contributed by atoms with E-state index >= 15 is 4.39 Å². The zero-order valence-electron chi connectivity index (χ0n) is 44.9. The molecule has 0 fully saturated rings. The summed E-state index contributed by atoms with van der Waals surface area (Å²) in [6.07, 6.45) is -5.82. The van der Waals surface area contributed by atoms with E-state index in [4.69, 9.17) is 14.5 Å². The number of nitrogens with one attached hydrogen (secondary N) is 2. The largest absolute Gasteiger partial charge is 0.569 e. The molecule has 0 aliphatic carbocycles. The molecule has 1 radical (unpaired) electrons. The van der Waals surface area contributed by atoms with E-state index in [-0.39, 0.29) is 114 Å². The second-order valence-corrected chi connectivity index (χ2v) is 22.0. The molecule has 6 heterocycles. The lowest BCUT2D eigenvalue weighted by Crippen LogP contribution is -2.41. The van der Waals surface area contributed by atoms with Crippen LogP contribution >= 0.6 is 35.7 Å². The van der Waals surface area contributed by atoms with Crippen molar-refractivity contribution in [2.24, 2.45) is 0 Å². The molecule has 2 unspecified atom stereocenters. The van der Waals surface area contributed by atoms with E-state index in [1.165, 1.54) is 123 Å². The van der Waals surface area contributed by atoms with Crippen molar-refractivity contribution in [3.05, 3.63) is 204 Å². The molecule has 86 heavy (non-hydrogen) atoms. The number of ether oxygens (including phenoxy) is 2. The highest BCUT2D eigenvalue weighted by Crippen LogP contribution is 2.38. The number of alkyl halides is 6. The zero-order chi connectivity index (χ0) is 60.7. The van der Waals surface area contributed by atoms with Crippen LogP contribution in [-0.4, -0.2) is 95.0 Å². The van der Waals surface area contributed by atoms with E-state index in [0.717, 1.165) is 30.3 Å². The van der Waals surface area contributed by atoms with Gasteiger partial charge in [-0.1, -0.05) is 30.3 Å². The molecule has 20 nitrogen and oxygen atoms in total. The fraction of sp³-hybridized carbons (Fsp3) is 0.192. The maximum atomic E-state index is 15.4. The van der Waals surface area contributed by atoms with Gasteiger partial charge in [-0.25, -0.2) is 8.78 Å². The van der Waals surface area contributed by atoms with Gasteiger partial charge in [0.1, 0.15) is 28.9 Å². The number of fused-ring (bicyclic) bond motifs is 2. The summed E-state index contributed by atoms with van der Waals surface area (Å²) in [7, 11) is -4.85. The van der Waals surface area contributed by atoms with Crippen LogP contribution < -0.4 is 34.7 Å².